The van der Waals surface area contributed by atoms with E-state index in [1.165, 1.54) is 65.5 Å². The number of phenolic OH excluding ortho intramolecular Hbond substituents is 4. The molecule has 9 N–H and O–H groups in total. The number of fused-ring (bicyclic) bond motifs is 2. The average Bonchev–Trinajstić information content (AvgIpc) is 3.87. The van der Waals surface area contributed by atoms with Gasteiger partial charge in [-0.25, -0.2) is 9.97 Å². The fraction of sp³-hybridized carbons (Fsp3) is 0.243. The number of oxime groups is 1. The molecule has 0 spiro atoms. The second kappa shape index (κ2) is 18.7. The largest absolute Gasteiger partial charge is 1.00 e. The van der Waals surface area contributed by atoms with Crippen LogP contribution < -0.4 is 56.6 Å². The van der Waals surface area contributed by atoms with Crippen LogP contribution in [0.25, 0.3) is 17.2 Å². The van der Waals surface area contributed by atoms with E-state index in [0.717, 1.165) is 28.4 Å². The van der Waals surface area contributed by atoms with E-state index >= 15 is 0 Å². The van der Waals surface area contributed by atoms with Crippen LogP contribution in [0.1, 0.15) is 41.2 Å². The maximum Gasteiger partial charge on any atom is 1.00 e. The molecule has 0 unspecified atom stereocenters. The van der Waals surface area contributed by atoms with Crippen LogP contribution >= 0.6 is 46.5 Å². The molecule has 2 aliphatic heterocycles. The van der Waals surface area contributed by atoms with Crippen LogP contribution in [0.3, 0.4) is 0 Å². The van der Waals surface area contributed by atoms with Gasteiger partial charge < -0.3 is 46.2 Å². The van der Waals surface area contributed by atoms with E-state index in [9.17, 15) is 49.5 Å². The van der Waals surface area contributed by atoms with Crippen LogP contribution in [-0.2, 0) is 24.0 Å². The van der Waals surface area contributed by atoms with Crippen molar-refractivity contribution in [2.45, 2.75) is 49.7 Å². The number of halogens is 1. The summed E-state index contributed by atoms with van der Waals surface area (Å²) in [5.41, 5.74) is 9.21. The zero-order valence-electron chi connectivity index (χ0n) is 34.0. The average molecular weight is 962 g/mol. The Hall–Kier alpha value is -5.83. The van der Waals surface area contributed by atoms with E-state index in [1.807, 2.05) is 0 Å². The molecule has 0 saturated carbocycles. The molecule has 7 rings (SSSR count). The molecule has 2 atom stereocenters. The number of aryl methyl sites for hydroxylation is 1. The number of carboxylic acids is 1. The van der Waals surface area contributed by atoms with Crippen LogP contribution in [0.15, 0.2) is 57.2 Å². The number of aromatic hydroxyl groups is 4. The molecule has 4 amide bonds. The third-order valence-electron chi connectivity index (χ3n) is 9.54. The Morgan fingerprint density at radius 1 is 1.06 bits per heavy atom. The number of thiazole rings is 1. The molecule has 2 aromatic carbocycles. The first-order valence-electron chi connectivity index (χ1n) is 18.1. The fourth-order valence-electron chi connectivity index (χ4n) is 6.02. The van der Waals surface area contributed by atoms with Crippen molar-refractivity contribution in [1.82, 2.24) is 45.6 Å². The van der Waals surface area contributed by atoms with Crippen LogP contribution in [0.5, 0.6) is 23.0 Å². The van der Waals surface area contributed by atoms with Gasteiger partial charge in [0.05, 0.1) is 16.7 Å². The van der Waals surface area contributed by atoms with Gasteiger partial charge in [-0.1, -0.05) is 16.8 Å². The molecule has 1 saturated heterocycles. The number of aromatic nitrogens is 5. The second-order valence-corrected chi connectivity index (χ2v) is 17.6. The van der Waals surface area contributed by atoms with E-state index in [0.29, 0.717) is 27.4 Å². The Morgan fingerprint density at radius 2 is 1.80 bits per heavy atom. The summed E-state index contributed by atoms with van der Waals surface area (Å²) in [4.78, 5) is 85.1. The van der Waals surface area contributed by atoms with Gasteiger partial charge in [0.15, 0.2) is 39.7 Å². The van der Waals surface area contributed by atoms with Gasteiger partial charge in [0.2, 0.25) is 5.60 Å². The molecular formula is C37H33ClN11NaO11S3. The third-order valence-corrected chi connectivity index (χ3v) is 13.1. The number of aliphatic carboxylic acids is 1. The van der Waals surface area contributed by atoms with Gasteiger partial charge in [-0.05, 0) is 63.6 Å². The van der Waals surface area contributed by atoms with E-state index in [4.69, 9.17) is 22.2 Å². The number of amides is 4. The fourth-order valence-corrected chi connectivity index (χ4v) is 9.41. The molecule has 0 aliphatic carbocycles. The molecule has 328 valence electrons. The van der Waals surface area contributed by atoms with Crippen molar-refractivity contribution in [2.75, 3.05) is 17.2 Å². The third kappa shape index (κ3) is 9.36. The number of β-lactam (4-membered cyclic amide) rings is 1. The molecule has 1 fully saturated rings. The van der Waals surface area contributed by atoms with Crippen molar-refractivity contribution in [1.29, 1.82) is 0 Å². The number of hydrazine groups is 1. The van der Waals surface area contributed by atoms with Crippen LogP contribution in [0.2, 0.25) is 5.02 Å². The number of rotatable bonds is 12. The zero-order valence-corrected chi connectivity index (χ0v) is 39.2. The zero-order chi connectivity index (χ0) is 45.7. The van der Waals surface area contributed by atoms with E-state index in [1.54, 1.807) is 13.8 Å². The SMILES string of the molecule is Cc1nc2nc(-c3cc(O)c(O)c(Cl)c3)nn2c(SCC2=C(C(=O)[O-])N3C(=O)[C@@H](NC(=O)/C(=N\OC(C)(C)C(=O)NNC(=O)c4ccc(O)c(O)c4)c4csc(N)n4)[C@H]3SC2)c1C.[Na+]. The van der Waals surface area contributed by atoms with Crippen molar-refractivity contribution >= 4 is 92.7 Å². The normalized spacial score (nSPS) is 16.1. The number of benzene rings is 2. The number of thioether (sulfide) groups is 2. The number of carbonyl (C=O) groups is 5. The molecule has 27 heteroatoms. The summed E-state index contributed by atoms with van der Waals surface area (Å²) < 4.78 is 1.45. The number of hydrogen-bond donors (Lipinski definition) is 8. The van der Waals surface area contributed by atoms with E-state index < -0.39 is 75.3 Å². The molecule has 5 heterocycles. The number of nitrogens with one attached hydrogen (secondary N) is 3. The Bertz CT molecular complexity index is 2810. The predicted molar refractivity (Wildman–Crippen MR) is 225 cm³/mol. The van der Waals surface area contributed by atoms with Gasteiger partial charge in [-0.3, -0.25) is 34.9 Å². The van der Waals surface area contributed by atoms with E-state index in [2.05, 4.69) is 41.4 Å². The Balaban J connectivity index is 0.00000680. The monoisotopic (exact) mass is 961 g/mol. The quantitative estimate of drug-likeness (QED) is 0.0129. The van der Waals surface area contributed by atoms with Gasteiger partial charge in [0.1, 0.15) is 22.1 Å². The minimum absolute atomic E-state index is 0. The van der Waals surface area contributed by atoms with Crippen LogP contribution in [-0.4, -0.2) is 114 Å². The molecule has 3 aromatic heterocycles. The van der Waals surface area contributed by atoms with Crippen molar-refractivity contribution < 1.29 is 83.9 Å². The summed E-state index contributed by atoms with van der Waals surface area (Å²) in [6.07, 6.45) is 0. The first kappa shape index (κ1) is 47.6. The summed E-state index contributed by atoms with van der Waals surface area (Å²) in [6, 6.07) is 4.65. The Morgan fingerprint density at radius 3 is 2.45 bits per heavy atom. The van der Waals surface area contributed by atoms with Crippen LogP contribution in [0, 0.1) is 13.8 Å². The molecule has 2 aliphatic rings. The number of nitrogen functional groups attached to an aromatic ring is 1. The minimum Gasteiger partial charge on any atom is -0.543 e. The molecule has 0 bridgehead atoms. The maximum absolute atomic E-state index is 13.8. The van der Waals surface area contributed by atoms with Crippen LogP contribution in [0.4, 0.5) is 5.13 Å². The Kier molecular flexibility index (Phi) is 13.9. The summed E-state index contributed by atoms with van der Waals surface area (Å²) in [6.45, 7) is 6.11. The van der Waals surface area contributed by atoms with Crippen molar-refractivity contribution in [3.8, 4) is 34.4 Å². The maximum atomic E-state index is 13.8. The van der Waals surface area contributed by atoms with Gasteiger partial charge in [-0.2, -0.15) is 9.50 Å². The number of carbonyl (C=O) groups excluding carboxylic acids is 5. The Labute approximate surface area is 400 Å². The number of phenols is 4. The molecule has 5 aromatic rings. The summed E-state index contributed by atoms with van der Waals surface area (Å²) >= 11 is 9.43. The van der Waals surface area contributed by atoms with Gasteiger partial charge >= 0.3 is 29.6 Å². The van der Waals surface area contributed by atoms with Gasteiger partial charge in [0.25, 0.3) is 29.4 Å². The number of nitrogens with two attached hydrogens (primary N) is 1. The van der Waals surface area contributed by atoms with E-state index in [-0.39, 0.29) is 79.8 Å². The molecule has 0 radical (unpaired) electrons. The molecular weight excluding hydrogens is 929 g/mol. The first-order chi connectivity index (χ1) is 29.7. The summed E-state index contributed by atoms with van der Waals surface area (Å²) in [5, 5.41) is 63.8. The van der Waals surface area contributed by atoms with Gasteiger partial charge in [-0.15, -0.1) is 40.0 Å². The number of hydrogen-bond acceptors (Lipinski definition) is 20. The molecule has 64 heavy (non-hydrogen) atoms. The summed E-state index contributed by atoms with van der Waals surface area (Å²) in [5.74, 6) is -6.58. The summed E-state index contributed by atoms with van der Waals surface area (Å²) in [7, 11) is 0. The van der Waals surface area contributed by atoms with Crippen molar-refractivity contribution in [2.24, 2.45) is 5.16 Å². The number of nitrogens with zero attached hydrogens (tertiary/aromatic N) is 7. The van der Waals surface area contributed by atoms with Crippen molar-refractivity contribution in [3.05, 3.63) is 74.5 Å². The molecule has 22 nitrogen and oxygen atoms in total. The number of carboxylic acid groups (broad SMARTS) is 1. The number of anilines is 1. The first-order valence-corrected chi connectivity index (χ1v) is 21.4. The van der Waals surface area contributed by atoms with Gasteiger partial charge in [0, 0.05) is 39.3 Å². The topological polar surface area (TPSA) is 332 Å². The second-order valence-electron chi connectivity index (χ2n) is 14.2. The minimum atomic E-state index is -1.84. The predicted octanol–water partition coefficient (Wildman–Crippen LogP) is -1.92. The smallest absolute Gasteiger partial charge is 0.543 e. The standard InChI is InChI=1S/C37H34ClN11O11S3.Na/c1-13-14(2)40-36-43-27(16-7-18(38)26(53)22(52)9-16)46-49(36)31(13)61-10-17-11-62-32-24(30(56)48(32)25(17)33(57)58)42-29(55)23(19-12-63-35(39)41-19)47-60-37(3,4)34(59)45-44-28(54)15-5-6-20(50)21(51)8-15;/h5-9,12,24,32,50-53H,10-11H2,1-4H3,(H2,39,41)(H,42,55)(H,44,54)(H,45,59)(H,57,58);/q;+1/p-1/b47-23-;/t24-,32-;/m1./s1. The van der Waals surface area contributed by atoms with Crippen molar-refractivity contribution in [3.63, 3.8) is 0 Å².